The topological polar surface area (TPSA) is 48.9 Å². The van der Waals surface area contributed by atoms with Gasteiger partial charge in [-0.15, -0.1) is 0 Å². The third-order valence-electron chi connectivity index (χ3n) is 6.62. The number of nitrogens with zero attached hydrogens (tertiary/aromatic N) is 2. The molecule has 0 aliphatic rings. The maximum absolute atomic E-state index is 8.25. The normalized spacial score (nSPS) is 11.8. The Balaban J connectivity index is 0.00000343. The van der Waals surface area contributed by atoms with E-state index in [2.05, 4.69) is 69.4 Å². The average Bonchev–Trinajstić information content (AvgIpc) is 3.22. The van der Waals surface area contributed by atoms with E-state index < -0.39 is 6.47 Å². The molecular formula is C30H58N2O2. The molecule has 0 saturated carbocycles. The van der Waals surface area contributed by atoms with Gasteiger partial charge in [0.15, 0.2) is 0 Å². The fourth-order valence-corrected chi connectivity index (χ4v) is 5.12. The van der Waals surface area contributed by atoms with Crippen LogP contribution in [0.4, 0.5) is 0 Å². The third kappa shape index (κ3) is 19.0. The fraction of sp³-hybridized carbons (Fsp3) is 0.867. The van der Waals surface area contributed by atoms with Crippen LogP contribution in [0.3, 0.4) is 0 Å². The van der Waals surface area contributed by atoms with Gasteiger partial charge in [-0.25, -0.2) is 9.13 Å². The van der Waals surface area contributed by atoms with Gasteiger partial charge in [0, 0.05) is 6.47 Å². The molecule has 1 heterocycles. The second-order valence-electron chi connectivity index (χ2n) is 12.0. The largest absolute Gasteiger partial charge is 0.554 e. The zero-order valence-corrected chi connectivity index (χ0v) is 23.7. The number of carbonyl (C=O) groups is 1. The van der Waals surface area contributed by atoms with E-state index in [1.54, 1.807) is 0 Å². The summed E-state index contributed by atoms with van der Waals surface area (Å²) < 4.78 is 4.79. The highest BCUT2D eigenvalue weighted by Gasteiger charge is 2.31. The lowest BCUT2D eigenvalue weighted by Crippen LogP contribution is -2.35. The molecule has 0 saturated heterocycles. The molecule has 0 atom stereocenters. The summed E-state index contributed by atoms with van der Waals surface area (Å²) in [5, 5.41) is 8.25. The van der Waals surface area contributed by atoms with Crippen molar-refractivity contribution in [1.82, 2.24) is 4.57 Å². The molecule has 34 heavy (non-hydrogen) atoms. The van der Waals surface area contributed by atoms with Crippen molar-refractivity contribution in [3.05, 3.63) is 18.7 Å². The van der Waals surface area contributed by atoms with Crippen molar-refractivity contribution in [3.63, 3.8) is 0 Å². The van der Waals surface area contributed by atoms with Crippen molar-refractivity contribution in [3.8, 4) is 0 Å². The van der Waals surface area contributed by atoms with Crippen LogP contribution in [-0.4, -0.2) is 11.0 Å². The van der Waals surface area contributed by atoms with Crippen molar-refractivity contribution < 1.29 is 14.5 Å². The maximum atomic E-state index is 8.25. The van der Waals surface area contributed by atoms with Crippen LogP contribution in [0.5, 0.6) is 0 Å². The van der Waals surface area contributed by atoms with Gasteiger partial charge in [0.1, 0.15) is 17.9 Å². The molecule has 1 aromatic rings. The molecule has 200 valence electrons. The Labute approximate surface area is 212 Å². The maximum Gasteiger partial charge on any atom is 0.244 e. The van der Waals surface area contributed by atoms with Gasteiger partial charge in [-0.05, 0) is 38.5 Å². The fourth-order valence-electron chi connectivity index (χ4n) is 5.12. The van der Waals surface area contributed by atoms with Crippen molar-refractivity contribution >= 4 is 6.47 Å². The number of aryl methyl sites for hydroxylation is 1. The van der Waals surface area contributed by atoms with Gasteiger partial charge in [0.25, 0.3) is 0 Å². The van der Waals surface area contributed by atoms with E-state index in [9.17, 15) is 0 Å². The number of rotatable bonds is 19. The SMILES string of the molecule is CCCCCCCCCCCCCCCCCC[n+]1ccn(C(C)(C)CC(C)(C)C)c1.O=C[O-]. The van der Waals surface area contributed by atoms with Gasteiger partial charge in [0.2, 0.25) is 6.33 Å². The van der Waals surface area contributed by atoms with Crippen molar-refractivity contribution in [1.29, 1.82) is 0 Å². The summed E-state index contributed by atoms with van der Waals surface area (Å²) in [4.78, 5) is 8.25. The first kappa shape index (κ1) is 32.7. The van der Waals surface area contributed by atoms with Crippen LogP contribution >= 0.6 is 0 Å². The predicted molar refractivity (Wildman–Crippen MR) is 144 cm³/mol. The number of carboxylic acid groups (broad SMARTS) is 1. The van der Waals surface area contributed by atoms with E-state index >= 15 is 0 Å². The molecule has 0 fully saturated rings. The molecule has 4 heteroatoms. The zero-order valence-electron chi connectivity index (χ0n) is 23.7. The molecule has 1 aromatic heterocycles. The summed E-state index contributed by atoms with van der Waals surface area (Å²) in [6.45, 7) is 14.7. The van der Waals surface area contributed by atoms with Crippen molar-refractivity contribution in [2.45, 2.75) is 163 Å². The molecule has 0 aromatic carbocycles. The minimum absolute atomic E-state index is 0.179. The number of carbonyl (C=O) groups excluding carboxylic acids is 1. The molecule has 0 unspecified atom stereocenters. The summed E-state index contributed by atoms with van der Waals surface area (Å²) >= 11 is 0. The van der Waals surface area contributed by atoms with Gasteiger partial charge in [-0.1, -0.05) is 118 Å². The van der Waals surface area contributed by atoms with Crippen molar-refractivity contribution in [2.75, 3.05) is 0 Å². The highest BCUT2D eigenvalue weighted by Crippen LogP contribution is 2.31. The van der Waals surface area contributed by atoms with Gasteiger partial charge >= 0.3 is 0 Å². The van der Waals surface area contributed by atoms with E-state index in [1.807, 2.05) is 0 Å². The van der Waals surface area contributed by atoms with Crippen LogP contribution < -0.4 is 9.67 Å². The van der Waals surface area contributed by atoms with Crippen LogP contribution in [0.1, 0.15) is 151 Å². The molecule has 4 nitrogen and oxygen atoms in total. The first-order valence-electron chi connectivity index (χ1n) is 14.3. The molecule has 0 radical (unpaired) electrons. The van der Waals surface area contributed by atoms with Gasteiger partial charge in [-0.3, -0.25) is 0 Å². The first-order valence-corrected chi connectivity index (χ1v) is 14.3. The highest BCUT2D eigenvalue weighted by atomic mass is 16.3. The summed E-state index contributed by atoms with van der Waals surface area (Å²) in [5.41, 5.74) is 0.532. The molecular weight excluding hydrogens is 420 g/mol. The van der Waals surface area contributed by atoms with E-state index in [0.29, 0.717) is 5.41 Å². The monoisotopic (exact) mass is 478 g/mol. The van der Waals surface area contributed by atoms with Gasteiger partial charge in [0.05, 0.1) is 6.54 Å². The molecule has 0 amide bonds. The average molecular weight is 479 g/mol. The number of imidazole rings is 1. The van der Waals surface area contributed by atoms with Crippen LogP contribution in [0, 0.1) is 5.41 Å². The molecule has 0 N–H and O–H groups in total. The van der Waals surface area contributed by atoms with Gasteiger partial charge < -0.3 is 9.90 Å². The standard InChI is InChI=1S/C29H57N2.CH2O2/c1-7-8-9-10-11-12-13-14-15-16-17-18-19-20-21-22-23-30-24-25-31(27-30)29(5,6)26-28(2,3)4;2-1-3/h24-25,27H,7-23,26H2,1-6H3;1H,(H,2,3)/q+1;/p-1. The quantitative estimate of drug-likeness (QED) is 0.117. The van der Waals surface area contributed by atoms with Crippen molar-refractivity contribution in [2.24, 2.45) is 5.41 Å². The Kier molecular flexibility index (Phi) is 19.2. The van der Waals surface area contributed by atoms with Crippen LogP contribution in [-0.2, 0) is 16.9 Å². The molecule has 0 bridgehead atoms. The number of hydrogen-bond donors (Lipinski definition) is 0. The summed E-state index contributed by atoms with van der Waals surface area (Å²) in [6, 6.07) is 0. The van der Waals surface area contributed by atoms with E-state index in [1.165, 1.54) is 109 Å². The Morgan fingerprint density at radius 1 is 0.735 bits per heavy atom. The van der Waals surface area contributed by atoms with Crippen LogP contribution in [0.25, 0.3) is 0 Å². The van der Waals surface area contributed by atoms with Crippen LogP contribution in [0.15, 0.2) is 18.7 Å². The lowest BCUT2D eigenvalue weighted by molar-refractivity contribution is -0.697. The highest BCUT2D eigenvalue weighted by molar-refractivity contribution is 5.29. The summed E-state index contributed by atoms with van der Waals surface area (Å²) in [7, 11) is 0. The smallest absolute Gasteiger partial charge is 0.244 e. The minimum Gasteiger partial charge on any atom is -0.554 e. The summed E-state index contributed by atoms with van der Waals surface area (Å²) in [6.07, 6.45) is 31.0. The Morgan fingerprint density at radius 3 is 1.50 bits per heavy atom. The van der Waals surface area contributed by atoms with Crippen LogP contribution in [0.2, 0.25) is 0 Å². The molecule has 0 aliphatic heterocycles. The lowest BCUT2D eigenvalue weighted by atomic mass is 9.82. The van der Waals surface area contributed by atoms with E-state index in [0.717, 1.165) is 6.54 Å². The molecule has 0 aliphatic carbocycles. The zero-order chi connectivity index (χ0) is 25.7. The van der Waals surface area contributed by atoms with E-state index in [4.69, 9.17) is 9.90 Å². The Hall–Kier alpha value is -1.32. The molecule has 1 rings (SSSR count). The number of aromatic nitrogens is 2. The van der Waals surface area contributed by atoms with Gasteiger partial charge in [-0.2, -0.15) is 0 Å². The second-order valence-corrected chi connectivity index (χ2v) is 12.0. The Morgan fingerprint density at radius 2 is 1.12 bits per heavy atom. The number of unbranched alkanes of at least 4 members (excludes halogenated alkanes) is 15. The number of hydrogen-bond acceptors (Lipinski definition) is 2. The second kappa shape index (κ2) is 19.9. The third-order valence-corrected chi connectivity index (χ3v) is 6.62. The minimum atomic E-state index is -0.500. The summed E-state index contributed by atoms with van der Waals surface area (Å²) in [5.74, 6) is 0. The van der Waals surface area contributed by atoms with E-state index in [-0.39, 0.29) is 5.54 Å². The lowest BCUT2D eigenvalue weighted by Gasteiger charge is -2.29. The Bertz CT molecular complexity index is 587. The molecule has 0 spiro atoms. The first-order chi connectivity index (χ1) is 16.2. The predicted octanol–water partition coefficient (Wildman–Crippen LogP) is 7.57.